The van der Waals surface area contributed by atoms with Gasteiger partial charge >= 0.3 is 0 Å². The number of ether oxygens (including phenoxy) is 20. The molecular weight excluding hydrogens is 921 g/mol. The molecule has 0 rings (SSSR count). The van der Waals surface area contributed by atoms with Crippen molar-refractivity contribution in [2.75, 3.05) is 274 Å². The highest BCUT2D eigenvalue weighted by atomic mass is 16.5. The second kappa shape index (κ2) is 127. The molecule has 0 unspecified atom stereocenters. The van der Waals surface area contributed by atoms with Crippen molar-refractivity contribution >= 4 is 0 Å². The average Bonchev–Trinajstić information content (AvgIpc) is 3.37. The summed E-state index contributed by atoms with van der Waals surface area (Å²) >= 11 is 0. The van der Waals surface area contributed by atoms with Crippen LogP contribution in [0.3, 0.4) is 0 Å². The van der Waals surface area contributed by atoms with E-state index in [1.54, 1.807) is 142 Å². The van der Waals surface area contributed by atoms with E-state index in [-0.39, 0.29) is 0 Å². The molecule has 0 heterocycles. The van der Waals surface area contributed by atoms with Crippen molar-refractivity contribution in [2.45, 2.75) is 64.2 Å². The molecule has 0 fully saturated rings. The highest BCUT2D eigenvalue weighted by molar-refractivity contribution is 4.33. The van der Waals surface area contributed by atoms with Crippen LogP contribution in [0.4, 0.5) is 0 Å². The van der Waals surface area contributed by atoms with Crippen molar-refractivity contribution < 1.29 is 94.7 Å². The van der Waals surface area contributed by atoms with Crippen LogP contribution in [0.15, 0.2) is 0 Å². The molecule has 0 aliphatic rings. The first-order valence-corrected chi connectivity index (χ1v) is 23.9. The van der Waals surface area contributed by atoms with Gasteiger partial charge in [0.15, 0.2) is 0 Å². The third-order valence-corrected chi connectivity index (χ3v) is 6.97. The van der Waals surface area contributed by atoms with Crippen molar-refractivity contribution in [1.29, 1.82) is 0 Å². The Morgan fingerprint density at radius 2 is 0.143 bits per heavy atom. The Morgan fingerprint density at radius 1 is 0.100 bits per heavy atom. The molecule has 0 atom stereocenters. The molecule has 0 aliphatic carbocycles. The molecule has 0 aliphatic heterocycles. The second-order valence-corrected chi connectivity index (χ2v) is 13.4. The summed E-state index contributed by atoms with van der Waals surface area (Å²) in [5.41, 5.74) is 0. The van der Waals surface area contributed by atoms with Gasteiger partial charge < -0.3 is 94.7 Å². The molecule has 0 N–H and O–H groups in total. The predicted molar refractivity (Wildman–Crippen MR) is 284 cm³/mol. The molecule has 0 aromatic carbocycles. The molecule has 0 saturated heterocycles. The minimum Gasteiger partial charge on any atom is -0.385 e. The van der Waals surface area contributed by atoms with E-state index in [0.29, 0.717) is 0 Å². The van der Waals surface area contributed by atoms with Crippen LogP contribution in [-0.4, -0.2) is 274 Å². The smallest absolute Gasteiger partial charge is 0.0484 e. The lowest BCUT2D eigenvalue weighted by atomic mass is 10.5. The first-order chi connectivity index (χ1) is 34.1. The van der Waals surface area contributed by atoms with Crippen LogP contribution in [0.2, 0.25) is 0 Å². The van der Waals surface area contributed by atoms with Gasteiger partial charge in [0.2, 0.25) is 0 Å². The fourth-order valence-corrected chi connectivity index (χ4v) is 3.48. The molecule has 20 heteroatoms. The largest absolute Gasteiger partial charge is 0.385 e. The van der Waals surface area contributed by atoms with Gasteiger partial charge in [-0.25, -0.2) is 0 Å². The topological polar surface area (TPSA) is 185 Å². The summed E-state index contributed by atoms with van der Waals surface area (Å²) in [6, 6.07) is 0. The van der Waals surface area contributed by atoms with Crippen molar-refractivity contribution in [3.05, 3.63) is 0 Å². The first-order valence-electron chi connectivity index (χ1n) is 23.9. The minimum absolute atomic E-state index is 0.799. The van der Waals surface area contributed by atoms with E-state index in [1.165, 1.54) is 0 Å². The van der Waals surface area contributed by atoms with Crippen molar-refractivity contribution in [3.63, 3.8) is 0 Å². The maximum Gasteiger partial charge on any atom is 0.0484 e. The van der Waals surface area contributed by atoms with Crippen LogP contribution < -0.4 is 0 Å². The Labute approximate surface area is 432 Å². The number of hydrogen-bond donors (Lipinski definition) is 0. The molecule has 70 heavy (non-hydrogen) atoms. The van der Waals surface area contributed by atoms with Gasteiger partial charge in [0.05, 0.1) is 0 Å². The molecule has 0 aromatic rings. The van der Waals surface area contributed by atoms with E-state index in [4.69, 9.17) is 94.7 Å². The third-order valence-electron chi connectivity index (χ3n) is 6.97. The Bertz CT molecular complexity index is 419. The van der Waals surface area contributed by atoms with Gasteiger partial charge in [0.25, 0.3) is 0 Å². The van der Waals surface area contributed by atoms with Gasteiger partial charge in [-0.3, -0.25) is 0 Å². The van der Waals surface area contributed by atoms with Gasteiger partial charge in [-0.2, -0.15) is 0 Å². The standard InChI is InChI=1S/10C5H12O2/c10*1-6-4-3-5-7-2/h10*3-5H2,1-2H3. The molecular formula is C50H120O20. The monoisotopic (exact) mass is 1040 g/mol. The fraction of sp³-hybridized carbons (Fsp3) is 1.00. The van der Waals surface area contributed by atoms with Crippen LogP contribution >= 0.6 is 0 Å². The van der Waals surface area contributed by atoms with Gasteiger partial charge in [0.1, 0.15) is 0 Å². The van der Waals surface area contributed by atoms with E-state index in [1.807, 2.05) is 0 Å². The van der Waals surface area contributed by atoms with Crippen LogP contribution in [0.25, 0.3) is 0 Å². The van der Waals surface area contributed by atoms with Gasteiger partial charge in [-0.05, 0) is 64.2 Å². The van der Waals surface area contributed by atoms with Crippen LogP contribution in [0, 0.1) is 0 Å². The normalized spacial score (nSPS) is 9.43. The Hall–Kier alpha value is -0.800. The zero-order chi connectivity index (χ0) is 55.4. The summed E-state index contributed by atoms with van der Waals surface area (Å²) in [5.74, 6) is 0. The quantitative estimate of drug-likeness (QED) is 0.0591. The lowest BCUT2D eigenvalue weighted by Crippen LogP contribution is -1.94. The van der Waals surface area contributed by atoms with E-state index in [2.05, 4.69) is 0 Å². The van der Waals surface area contributed by atoms with Crippen LogP contribution in [0.5, 0.6) is 0 Å². The van der Waals surface area contributed by atoms with Crippen LogP contribution in [-0.2, 0) is 94.7 Å². The third kappa shape index (κ3) is 192. The fourth-order valence-electron chi connectivity index (χ4n) is 3.48. The number of hydrogen-bond acceptors (Lipinski definition) is 20. The molecule has 20 nitrogen and oxygen atoms in total. The number of methoxy groups -OCH3 is 20. The Balaban J connectivity index is -0.0000000714. The number of rotatable bonds is 40. The summed E-state index contributed by atoms with van der Waals surface area (Å²) in [4.78, 5) is 0. The second-order valence-electron chi connectivity index (χ2n) is 13.4. The molecule has 0 aromatic heterocycles. The van der Waals surface area contributed by atoms with Gasteiger partial charge in [0, 0.05) is 274 Å². The van der Waals surface area contributed by atoms with Gasteiger partial charge in [-0.15, -0.1) is 0 Å². The lowest BCUT2D eigenvalue weighted by Gasteiger charge is -1.94. The summed E-state index contributed by atoms with van der Waals surface area (Å²) in [7, 11) is 33.8. The van der Waals surface area contributed by atoms with Crippen molar-refractivity contribution in [2.24, 2.45) is 0 Å². The molecule has 0 radical (unpaired) electrons. The van der Waals surface area contributed by atoms with Crippen molar-refractivity contribution in [1.82, 2.24) is 0 Å². The molecule has 0 bridgehead atoms. The summed E-state index contributed by atoms with van der Waals surface area (Å²) < 4.78 is 95.3. The zero-order valence-electron chi connectivity index (χ0n) is 49.4. The maximum atomic E-state index is 4.76. The molecule has 0 spiro atoms. The zero-order valence-corrected chi connectivity index (χ0v) is 49.4. The van der Waals surface area contributed by atoms with E-state index >= 15 is 0 Å². The average molecular weight is 1040 g/mol. The molecule has 0 amide bonds. The summed E-state index contributed by atoms with van der Waals surface area (Å²) in [6.07, 6.45) is 9.93. The highest BCUT2D eigenvalue weighted by Gasteiger charge is 1.85. The Kier molecular flexibility index (Phi) is 167. The van der Waals surface area contributed by atoms with E-state index < -0.39 is 0 Å². The summed E-state index contributed by atoms with van der Waals surface area (Å²) in [6.45, 7) is 16.0. The lowest BCUT2D eigenvalue weighted by molar-refractivity contribution is 0.138. The predicted octanol–water partition coefficient (Wildman–Crippen LogP) is 6.69. The highest BCUT2D eigenvalue weighted by Crippen LogP contribution is 1.83. The van der Waals surface area contributed by atoms with Crippen molar-refractivity contribution in [3.8, 4) is 0 Å². The van der Waals surface area contributed by atoms with Crippen LogP contribution in [0.1, 0.15) is 64.2 Å². The van der Waals surface area contributed by atoms with E-state index in [0.717, 1.165) is 196 Å². The first kappa shape index (κ1) is 91.8. The molecule has 0 saturated carbocycles. The maximum absolute atomic E-state index is 4.76. The Morgan fingerprint density at radius 3 is 0.171 bits per heavy atom. The minimum atomic E-state index is 0.799. The SMILES string of the molecule is COCCCOC.COCCCOC.COCCCOC.COCCCOC.COCCCOC.COCCCOC.COCCCOC.COCCCOC.COCCCOC.COCCCOC. The molecule has 440 valence electrons. The van der Waals surface area contributed by atoms with Gasteiger partial charge in [-0.1, -0.05) is 0 Å². The summed E-state index contributed by atoms with van der Waals surface area (Å²) in [5, 5.41) is 0. The van der Waals surface area contributed by atoms with E-state index in [9.17, 15) is 0 Å².